The van der Waals surface area contributed by atoms with Gasteiger partial charge in [-0.25, -0.2) is 0 Å². The molecule has 0 aliphatic heterocycles. The van der Waals surface area contributed by atoms with Crippen LogP contribution in [0.25, 0.3) is 105 Å². The van der Waals surface area contributed by atoms with Crippen molar-refractivity contribution < 1.29 is 4.42 Å². The molecule has 3 nitrogen and oxygen atoms in total. The van der Waals surface area contributed by atoms with Gasteiger partial charge in [0, 0.05) is 49.9 Å². The van der Waals surface area contributed by atoms with E-state index in [0.717, 1.165) is 55.8 Å². The zero-order chi connectivity index (χ0) is 44.3. The lowest BCUT2D eigenvalue weighted by molar-refractivity contribution is 0.670. The quantitative estimate of drug-likeness (QED) is 0.152. The summed E-state index contributed by atoms with van der Waals surface area (Å²) < 4.78 is 8.91. The van der Waals surface area contributed by atoms with Crippen molar-refractivity contribution in [1.82, 2.24) is 4.57 Å². The summed E-state index contributed by atoms with van der Waals surface area (Å²) in [6, 6.07) is 91.8. The smallest absolute Gasteiger partial charge is 0.143 e. The van der Waals surface area contributed by atoms with Gasteiger partial charge in [0.15, 0.2) is 0 Å². The van der Waals surface area contributed by atoms with Crippen LogP contribution < -0.4 is 4.90 Å². The lowest BCUT2D eigenvalue weighted by Gasteiger charge is -2.26. The summed E-state index contributed by atoms with van der Waals surface area (Å²) in [5, 5.41) is 7.22. The molecule has 0 saturated carbocycles. The maximum absolute atomic E-state index is 6.47. The van der Waals surface area contributed by atoms with Crippen LogP contribution in [0.5, 0.6) is 0 Å². The normalized spacial score (nSPS) is 11.6. The molecule has 0 N–H and O–H groups in total. The van der Waals surface area contributed by atoms with E-state index in [2.05, 4.69) is 252 Å². The third-order valence-corrected chi connectivity index (χ3v) is 13.4. The number of para-hydroxylation sites is 3. The Bertz CT molecular complexity index is 3940. The molecule has 0 bridgehead atoms. The maximum atomic E-state index is 6.47. The summed E-state index contributed by atoms with van der Waals surface area (Å²) in [5.41, 5.74) is 17.8. The fourth-order valence-electron chi connectivity index (χ4n) is 10.2. The number of anilines is 3. The molecule has 0 saturated heterocycles. The third-order valence-electron chi connectivity index (χ3n) is 13.4. The largest absolute Gasteiger partial charge is 0.455 e. The van der Waals surface area contributed by atoms with E-state index in [1.165, 1.54) is 66.0 Å². The first kappa shape index (κ1) is 38.5. The highest BCUT2D eigenvalue weighted by atomic mass is 16.3. The van der Waals surface area contributed by atoms with Gasteiger partial charge in [-0.05, 0) is 110 Å². The van der Waals surface area contributed by atoms with Gasteiger partial charge in [-0.2, -0.15) is 0 Å². The van der Waals surface area contributed by atoms with Crippen molar-refractivity contribution >= 4 is 71.6 Å². The van der Waals surface area contributed by atoms with Crippen molar-refractivity contribution in [3.05, 3.63) is 255 Å². The number of benzene rings is 11. The standard InChI is InChI=1S/C64H42N2O/c1-3-14-43(15-4-1)45-28-30-47(31-29-45)54-23-11-18-49-36-41-60-63(62(49)54)58-22-7-9-26-59(58)66(60)53-20-12-19-52(42-53)65(50-37-32-46(33-38-50)44-16-5-2-6-17-44)51-39-34-48(35-40-51)55-24-13-25-57-56-21-8-10-27-61(56)67-64(55)57/h1-42H. The minimum Gasteiger partial charge on any atom is -0.455 e. The van der Waals surface area contributed by atoms with Crippen LogP contribution in [0, 0.1) is 0 Å². The number of furan rings is 1. The van der Waals surface area contributed by atoms with Crippen molar-refractivity contribution in [1.29, 1.82) is 0 Å². The van der Waals surface area contributed by atoms with Crippen LogP contribution in [0.1, 0.15) is 0 Å². The third kappa shape index (κ3) is 6.59. The summed E-state index contributed by atoms with van der Waals surface area (Å²) in [4.78, 5) is 2.37. The van der Waals surface area contributed by atoms with Gasteiger partial charge in [-0.1, -0.05) is 194 Å². The Hall–Kier alpha value is -8.92. The van der Waals surface area contributed by atoms with E-state index < -0.39 is 0 Å². The van der Waals surface area contributed by atoms with E-state index in [9.17, 15) is 0 Å². The molecule has 0 unspecified atom stereocenters. The van der Waals surface area contributed by atoms with E-state index in [1.807, 2.05) is 12.1 Å². The number of hydrogen-bond acceptors (Lipinski definition) is 2. The Morgan fingerprint density at radius 1 is 0.313 bits per heavy atom. The second-order valence-electron chi connectivity index (χ2n) is 17.3. The SMILES string of the molecule is c1ccc(-c2ccc(-c3cccc4ccc5c(c6ccccc6n5-c5cccc(N(c6ccc(-c7ccccc7)cc6)c6ccc(-c7cccc8c7oc7ccccc78)cc6)c5)c34)cc2)cc1. The van der Waals surface area contributed by atoms with Gasteiger partial charge in [0.25, 0.3) is 0 Å². The topological polar surface area (TPSA) is 21.3 Å². The van der Waals surface area contributed by atoms with E-state index in [1.54, 1.807) is 0 Å². The molecule has 2 aromatic heterocycles. The highest BCUT2D eigenvalue weighted by molar-refractivity contribution is 6.25. The Labute approximate surface area is 388 Å². The molecule has 2 heterocycles. The first-order valence-electron chi connectivity index (χ1n) is 22.9. The van der Waals surface area contributed by atoms with Gasteiger partial charge in [0.1, 0.15) is 11.2 Å². The van der Waals surface area contributed by atoms with Crippen molar-refractivity contribution in [2.75, 3.05) is 4.90 Å². The van der Waals surface area contributed by atoms with E-state index in [4.69, 9.17) is 4.42 Å². The summed E-state index contributed by atoms with van der Waals surface area (Å²) in [6.07, 6.45) is 0. The molecule has 13 rings (SSSR count). The first-order valence-corrected chi connectivity index (χ1v) is 22.9. The van der Waals surface area contributed by atoms with Crippen LogP contribution >= 0.6 is 0 Å². The predicted molar refractivity (Wildman–Crippen MR) is 282 cm³/mol. The van der Waals surface area contributed by atoms with Crippen molar-refractivity contribution in [2.24, 2.45) is 0 Å². The lowest BCUT2D eigenvalue weighted by Crippen LogP contribution is -2.10. The summed E-state index contributed by atoms with van der Waals surface area (Å²) in [5.74, 6) is 0. The molecule has 0 spiro atoms. The molecular formula is C64H42N2O. The second kappa shape index (κ2) is 16.0. The van der Waals surface area contributed by atoms with Gasteiger partial charge in [-0.15, -0.1) is 0 Å². The molecule has 0 atom stereocenters. The van der Waals surface area contributed by atoms with Gasteiger partial charge in [0.2, 0.25) is 0 Å². The summed E-state index contributed by atoms with van der Waals surface area (Å²) in [6.45, 7) is 0. The molecule has 0 fully saturated rings. The minimum absolute atomic E-state index is 0.900. The molecular weight excluding hydrogens is 813 g/mol. The van der Waals surface area contributed by atoms with Crippen LogP contribution in [0.15, 0.2) is 259 Å². The first-order chi connectivity index (χ1) is 33.2. The molecule has 0 amide bonds. The van der Waals surface area contributed by atoms with Gasteiger partial charge >= 0.3 is 0 Å². The second-order valence-corrected chi connectivity index (χ2v) is 17.3. The minimum atomic E-state index is 0.900. The van der Waals surface area contributed by atoms with Crippen LogP contribution in [0.3, 0.4) is 0 Å². The highest BCUT2D eigenvalue weighted by Crippen LogP contribution is 2.44. The molecule has 11 aromatic carbocycles. The summed E-state index contributed by atoms with van der Waals surface area (Å²) >= 11 is 0. The number of nitrogens with zero attached hydrogens (tertiary/aromatic N) is 2. The molecule has 0 aliphatic rings. The zero-order valence-corrected chi connectivity index (χ0v) is 36.6. The van der Waals surface area contributed by atoms with E-state index in [-0.39, 0.29) is 0 Å². The average Bonchev–Trinajstić information content (AvgIpc) is 3.96. The van der Waals surface area contributed by atoms with Crippen molar-refractivity contribution in [3.8, 4) is 50.2 Å². The van der Waals surface area contributed by atoms with Gasteiger partial charge in [-0.3, -0.25) is 0 Å². The molecule has 314 valence electrons. The van der Waals surface area contributed by atoms with Crippen molar-refractivity contribution in [2.45, 2.75) is 0 Å². The highest BCUT2D eigenvalue weighted by Gasteiger charge is 2.20. The number of rotatable bonds is 8. The van der Waals surface area contributed by atoms with Gasteiger partial charge < -0.3 is 13.9 Å². The van der Waals surface area contributed by atoms with E-state index >= 15 is 0 Å². The predicted octanol–water partition coefficient (Wildman–Crippen LogP) is 18.0. The van der Waals surface area contributed by atoms with Crippen molar-refractivity contribution in [3.63, 3.8) is 0 Å². The monoisotopic (exact) mass is 854 g/mol. The molecule has 0 radical (unpaired) electrons. The van der Waals surface area contributed by atoms with Crippen LogP contribution in [-0.2, 0) is 0 Å². The molecule has 67 heavy (non-hydrogen) atoms. The summed E-state index contributed by atoms with van der Waals surface area (Å²) in [7, 11) is 0. The Kier molecular flexibility index (Phi) is 9.17. The zero-order valence-electron chi connectivity index (χ0n) is 36.6. The number of fused-ring (bicyclic) bond motifs is 8. The Morgan fingerprint density at radius 3 is 1.58 bits per heavy atom. The van der Waals surface area contributed by atoms with Crippen LogP contribution in [0.2, 0.25) is 0 Å². The van der Waals surface area contributed by atoms with Gasteiger partial charge in [0.05, 0.1) is 11.0 Å². The molecule has 13 aromatic rings. The fraction of sp³-hybridized carbons (Fsp3) is 0. The Balaban J connectivity index is 0.953. The molecule has 3 heteroatoms. The van der Waals surface area contributed by atoms with Crippen LogP contribution in [0.4, 0.5) is 17.1 Å². The number of hydrogen-bond donors (Lipinski definition) is 0. The lowest BCUT2D eigenvalue weighted by atomic mass is 9.93. The Morgan fingerprint density at radius 2 is 0.851 bits per heavy atom. The fourth-order valence-corrected chi connectivity index (χ4v) is 10.2. The number of aromatic nitrogens is 1. The molecule has 0 aliphatic carbocycles. The average molecular weight is 855 g/mol. The van der Waals surface area contributed by atoms with Crippen LogP contribution in [-0.4, -0.2) is 4.57 Å². The van der Waals surface area contributed by atoms with E-state index in [0.29, 0.717) is 0 Å². The maximum Gasteiger partial charge on any atom is 0.143 e.